The van der Waals surface area contributed by atoms with Crippen molar-refractivity contribution < 1.29 is 10.0 Å². The average molecular weight is 106 g/mol. The van der Waals surface area contributed by atoms with Gasteiger partial charge in [-0.1, -0.05) is 5.64 Å². The number of hydrogen-bond acceptors (Lipinski definition) is 4. The van der Waals surface area contributed by atoms with Crippen LogP contribution < -0.4 is 11.4 Å². The third-order valence-electron chi connectivity index (χ3n) is 0.515. The van der Waals surface area contributed by atoms with Crippen molar-refractivity contribution in [1.29, 1.82) is 0 Å². The Morgan fingerprint density at radius 1 is 1.71 bits per heavy atom. The van der Waals surface area contributed by atoms with Gasteiger partial charge in [-0.2, -0.15) is 0 Å². The summed E-state index contributed by atoms with van der Waals surface area (Å²) < 4.78 is 0. The van der Waals surface area contributed by atoms with Crippen molar-refractivity contribution in [2.75, 3.05) is 13.2 Å². The third kappa shape index (κ3) is 5.84. The van der Waals surface area contributed by atoms with Gasteiger partial charge in [0.2, 0.25) is 0 Å². The van der Waals surface area contributed by atoms with Crippen LogP contribution >= 0.6 is 0 Å². The van der Waals surface area contributed by atoms with Crippen LogP contribution in [0.1, 0.15) is 6.42 Å². The first-order valence-electron chi connectivity index (χ1n) is 2.12. The summed E-state index contributed by atoms with van der Waals surface area (Å²) in [6.07, 6.45) is 0.758. The number of nitrogens with two attached hydrogens (primary N) is 1. The van der Waals surface area contributed by atoms with E-state index >= 15 is 0 Å². The Hall–Kier alpha value is -0.160. The molecule has 0 saturated heterocycles. The van der Waals surface area contributed by atoms with Gasteiger partial charge in [0.1, 0.15) is 0 Å². The molecular formula is C3H10N2O2. The molecule has 0 aliphatic carbocycles. The van der Waals surface area contributed by atoms with E-state index < -0.39 is 0 Å². The van der Waals surface area contributed by atoms with Crippen LogP contribution in [0, 0.1) is 0 Å². The predicted octanol–water partition coefficient (Wildman–Crippen LogP) is -0.754. The van der Waals surface area contributed by atoms with Crippen LogP contribution in [-0.2, 0) is 4.84 Å². The molecule has 0 spiro atoms. The molecule has 0 aromatic rings. The summed E-state index contributed by atoms with van der Waals surface area (Å²) in [6, 6.07) is 0. The molecule has 0 bridgehead atoms. The molecule has 0 atom stereocenters. The minimum Gasteiger partial charge on any atom is -0.330 e. The Balaban J connectivity index is 2.45. The van der Waals surface area contributed by atoms with Gasteiger partial charge in [-0.15, -0.1) is 0 Å². The van der Waals surface area contributed by atoms with E-state index in [0.717, 1.165) is 6.42 Å². The van der Waals surface area contributed by atoms with Gasteiger partial charge in [0.05, 0.1) is 6.61 Å². The first-order valence-corrected chi connectivity index (χ1v) is 2.12. The lowest BCUT2D eigenvalue weighted by Gasteiger charge is -1.94. The maximum absolute atomic E-state index is 7.78. The van der Waals surface area contributed by atoms with Crippen molar-refractivity contribution in [3.8, 4) is 0 Å². The number of rotatable bonds is 4. The van der Waals surface area contributed by atoms with Gasteiger partial charge in [0.25, 0.3) is 0 Å². The van der Waals surface area contributed by atoms with E-state index in [1.54, 1.807) is 5.64 Å². The SMILES string of the molecule is NCCCONO. The summed E-state index contributed by atoms with van der Waals surface area (Å²) in [5.41, 5.74) is 6.63. The summed E-state index contributed by atoms with van der Waals surface area (Å²) in [6.45, 7) is 1.04. The fraction of sp³-hybridized carbons (Fsp3) is 1.00. The van der Waals surface area contributed by atoms with E-state index in [9.17, 15) is 0 Å². The van der Waals surface area contributed by atoms with Gasteiger partial charge >= 0.3 is 0 Å². The van der Waals surface area contributed by atoms with Crippen LogP contribution in [0.3, 0.4) is 0 Å². The molecule has 0 heterocycles. The lowest BCUT2D eigenvalue weighted by atomic mass is 10.5. The Labute approximate surface area is 42.2 Å². The lowest BCUT2D eigenvalue weighted by Crippen LogP contribution is -2.12. The molecule has 0 aliphatic heterocycles. The number of nitrogens with one attached hydrogen (secondary N) is 1. The highest BCUT2D eigenvalue weighted by Gasteiger charge is 1.79. The second-order valence-corrected chi connectivity index (χ2v) is 1.08. The largest absolute Gasteiger partial charge is 0.330 e. The van der Waals surface area contributed by atoms with Crippen molar-refractivity contribution in [2.24, 2.45) is 5.73 Å². The molecule has 0 amide bonds. The molecule has 0 fully saturated rings. The Morgan fingerprint density at radius 3 is 2.86 bits per heavy atom. The standard InChI is InChI=1S/C3H10N2O2/c4-2-1-3-7-5-6/h5-6H,1-4H2. The minimum atomic E-state index is 0.451. The van der Waals surface area contributed by atoms with Crippen LogP contribution in [-0.4, -0.2) is 18.4 Å². The molecule has 0 rings (SSSR count). The second-order valence-electron chi connectivity index (χ2n) is 1.08. The molecular weight excluding hydrogens is 96.0 g/mol. The van der Waals surface area contributed by atoms with Crippen molar-refractivity contribution in [2.45, 2.75) is 6.42 Å². The average Bonchev–Trinajstić information content (AvgIpc) is 1.69. The van der Waals surface area contributed by atoms with Crippen LogP contribution in [0.25, 0.3) is 0 Å². The van der Waals surface area contributed by atoms with E-state index in [0.29, 0.717) is 13.2 Å². The molecule has 0 radical (unpaired) electrons. The first-order chi connectivity index (χ1) is 3.41. The molecule has 7 heavy (non-hydrogen) atoms. The highest BCUT2D eigenvalue weighted by molar-refractivity contribution is 4.30. The van der Waals surface area contributed by atoms with E-state index in [4.69, 9.17) is 10.9 Å². The minimum absolute atomic E-state index is 0.451. The van der Waals surface area contributed by atoms with Gasteiger partial charge in [0, 0.05) is 0 Å². The highest BCUT2D eigenvalue weighted by Crippen LogP contribution is 1.70. The Kier molecular flexibility index (Phi) is 5.71. The van der Waals surface area contributed by atoms with Gasteiger partial charge in [-0.25, -0.2) is 0 Å². The smallest absolute Gasteiger partial charge is 0.0721 e. The Bertz CT molecular complexity index is 30.1. The molecule has 44 valence electrons. The fourth-order valence-electron chi connectivity index (χ4n) is 0.201. The zero-order chi connectivity index (χ0) is 5.54. The van der Waals surface area contributed by atoms with E-state index in [-0.39, 0.29) is 0 Å². The zero-order valence-corrected chi connectivity index (χ0v) is 4.05. The van der Waals surface area contributed by atoms with Crippen molar-refractivity contribution >= 4 is 0 Å². The molecule has 0 unspecified atom stereocenters. The van der Waals surface area contributed by atoms with Crippen molar-refractivity contribution in [3.05, 3.63) is 0 Å². The van der Waals surface area contributed by atoms with Crippen LogP contribution in [0.2, 0.25) is 0 Å². The number of hydrogen-bond donors (Lipinski definition) is 3. The zero-order valence-electron chi connectivity index (χ0n) is 4.05. The Morgan fingerprint density at radius 2 is 2.43 bits per heavy atom. The van der Waals surface area contributed by atoms with Crippen molar-refractivity contribution in [1.82, 2.24) is 5.64 Å². The fourth-order valence-corrected chi connectivity index (χ4v) is 0.201. The monoisotopic (exact) mass is 106 g/mol. The normalized spacial score (nSPS) is 9.43. The summed E-state index contributed by atoms with van der Waals surface area (Å²) in [7, 11) is 0. The third-order valence-corrected chi connectivity index (χ3v) is 0.515. The topological polar surface area (TPSA) is 67.5 Å². The lowest BCUT2D eigenvalue weighted by molar-refractivity contribution is -0.126. The summed E-state index contributed by atoms with van der Waals surface area (Å²) in [4.78, 5) is 4.30. The van der Waals surface area contributed by atoms with Crippen molar-refractivity contribution in [3.63, 3.8) is 0 Å². The molecule has 0 aromatic carbocycles. The quantitative estimate of drug-likeness (QED) is 0.325. The molecule has 0 saturated carbocycles. The predicted molar refractivity (Wildman–Crippen MR) is 24.5 cm³/mol. The van der Waals surface area contributed by atoms with Crippen LogP contribution in [0.15, 0.2) is 0 Å². The van der Waals surface area contributed by atoms with Gasteiger partial charge < -0.3 is 5.73 Å². The van der Waals surface area contributed by atoms with Gasteiger partial charge in [0.15, 0.2) is 0 Å². The van der Waals surface area contributed by atoms with Crippen LogP contribution in [0.4, 0.5) is 0 Å². The highest BCUT2D eigenvalue weighted by atomic mass is 16.8. The summed E-state index contributed by atoms with van der Waals surface area (Å²) >= 11 is 0. The maximum atomic E-state index is 7.78. The maximum Gasteiger partial charge on any atom is 0.0721 e. The molecule has 4 heteroatoms. The van der Waals surface area contributed by atoms with Gasteiger partial charge in [-0.3, -0.25) is 10.0 Å². The molecule has 4 nitrogen and oxygen atoms in total. The molecule has 0 aliphatic rings. The summed E-state index contributed by atoms with van der Waals surface area (Å²) in [5.74, 6) is 0. The van der Waals surface area contributed by atoms with Gasteiger partial charge in [-0.05, 0) is 13.0 Å². The van der Waals surface area contributed by atoms with E-state index in [1.807, 2.05) is 0 Å². The van der Waals surface area contributed by atoms with E-state index in [2.05, 4.69) is 4.84 Å². The molecule has 4 N–H and O–H groups in total. The molecule has 0 aromatic heterocycles. The van der Waals surface area contributed by atoms with Crippen LogP contribution in [0.5, 0.6) is 0 Å². The second kappa shape index (κ2) is 5.84. The van der Waals surface area contributed by atoms with E-state index in [1.165, 1.54) is 0 Å². The summed E-state index contributed by atoms with van der Waals surface area (Å²) in [5, 5.41) is 7.78. The first kappa shape index (κ1) is 6.84.